The van der Waals surface area contributed by atoms with E-state index >= 15 is 0 Å². The summed E-state index contributed by atoms with van der Waals surface area (Å²) < 4.78 is 0. The molecule has 0 radical (unpaired) electrons. The number of piperazine rings is 1. The fourth-order valence-electron chi connectivity index (χ4n) is 3.47. The van der Waals surface area contributed by atoms with Gasteiger partial charge in [0.2, 0.25) is 5.91 Å². The number of para-hydroxylation sites is 1. The van der Waals surface area contributed by atoms with Gasteiger partial charge in [-0.3, -0.25) is 9.69 Å². The van der Waals surface area contributed by atoms with Crippen LogP contribution in [0.15, 0.2) is 30.3 Å². The Morgan fingerprint density at radius 2 is 1.40 bits per heavy atom. The van der Waals surface area contributed by atoms with Gasteiger partial charge in [-0.25, -0.2) is 4.79 Å². The van der Waals surface area contributed by atoms with Crippen molar-refractivity contribution in [1.29, 1.82) is 0 Å². The van der Waals surface area contributed by atoms with Crippen molar-refractivity contribution in [2.45, 2.75) is 25.7 Å². The molecule has 1 aromatic rings. The number of hydrogen-bond donors (Lipinski definition) is 1. The summed E-state index contributed by atoms with van der Waals surface area (Å²) in [4.78, 5) is 30.8. The molecule has 0 atom stereocenters. The first-order chi connectivity index (χ1) is 12.2. The summed E-state index contributed by atoms with van der Waals surface area (Å²) in [5, 5.41) is 2.90. The third-order valence-electron chi connectivity index (χ3n) is 5.00. The van der Waals surface area contributed by atoms with Gasteiger partial charge in [-0.1, -0.05) is 31.0 Å². The molecule has 2 aliphatic rings. The van der Waals surface area contributed by atoms with Crippen LogP contribution >= 0.6 is 0 Å². The van der Waals surface area contributed by atoms with Crippen molar-refractivity contribution in [3.8, 4) is 0 Å². The van der Waals surface area contributed by atoms with Crippen LogP contribution in [-0.2, 0) is 4.79 Å². The van der Waals surface area contributed by atoms with Gasteiger partial charge in [-0.05, 0) is 38.1 Å². The molecule has 2 fully saturated rings. The zero-order valence-electron chi connectivity index (χ0n) is 14.8. The van der Waals surface area contributed by atoms with Crippen LogP contribution < -0.4 is 5.32 Å². The topological polar surface area (TPSA) is 55.9 Å². The number of hydrogen-bond acceptors (Lipinski definition) is 3. The lowest BCUT2D eigenvalue weighted by Crippen LogP contribution is -2.53. The molecule has 2 aliphatic heterocycles. The molecule has 6 nitrogen and oxygen atoms in total. The first-order valence-electron chi connectivity index (χ1n) is 9.33. The fourth-order valence-corrected chi connectivity index (χ4v) is 3.47. The van der Waals surface area contributed by atoms with Gasteiger partial charge in [0, 0.05) is 31.9 Å². The van der Waals surface area contributed by atoms with Gasteiger partial charge in [0.1, 0.15) is 0 Å². The lowest BCUT2D eigenvalue weighted by Gasteiger charge is -2.35. The number of urea groups is 1. The van der Waals surface area contributed by atoms with E-state index in [1.165, 1.54) is 25.7 Å². The molecular formula is C19H28N4O2. The maximum absolute atomic E-state index is 12.5. The summed E-state index contributed by atoms with van der Waals surface area (Å²) >= 11 is 0. The van der Waals surface area contributed by atoms with E-state index in [2.05, 4.69) is 10.2 Å². The van der Waals surface area contributed by atoms with Crippen LogP contribution in [0.2, 0.25) is 0 Å². The normalized spacial score (nSPS) is 19.4. The lowest BCUT2D eigenvalue weighted by atomic mass is 10.2. The molecule has 0 aromatic heterocycles. The number of nitrogens with one attached hydrogen (secondary N) is 1. The minimum absolute atomic E-state index is 0.0918. The van der Waals surface area contributed by atoms with Crippen molar-refractivity contribution < 1.29 is 9.59 Å². The fraction of sp³-hybridized carbons (Fsp3) is 0.579. The van der Waals surface area contributed by atoms with Crippen molar-refractivity contribution in [2.24, 2.45) is 0 Å². The van der Waals surface area contributed by atoms with Crippen molar-refractivity contribution in [3.63, 3.8) is 0 Å². The molecule has 0 saturated carbocycles. The van der Waals surface area contributed by atoms with E-state index in [4.69, 9.17) is 0 Å². The molecule has 0 spiro atoms. The first-order valence-corrected chi connectivity index (χ1v) is 9.33. The molecule has 0 bridgehead atoms. The number of likely N-dealkylation sites (tertiary alicyclic amines) is 1. The quantitative estimate of drug-likeness (QED) is 0.915. The largest absolute Gasteiger partial charge is 0.338 e. The molecule has 1 aromatic carbocycles. The second-order valence-corrected chi connectivity index (χ2v) is 6.85. The van der Waals surface area contributed by atoms with Crippen LogP contribution in [0, 0.1) is 0 Å². The molecule has 136 valence electrons. The summed E-state index contributed by atoms with van der Waals surface area (Å²) in [5.41, 5.74) is 0.798. The highest BCUT2D eigenvalue weighted by molar-refractivity contribution is 5.89. The van der Waals surface area contributed by atoms with Gasteiger partial charge < -0.3 is 15.1 Å². The van der Waals surface area contributed by atoms with E-state index < -0.39 is 0 Å². The Kier molecular flexibility index (Phi) is 6.28. The van der Waals surface area contributed by atoms with Crippen LogP contribution in [0.1, 0.15) is 25.7 Å². The third kappa shape index (κ3) is 5.19. The molecule has 6 heteroatoms. The van der Waals surface area contributed by atoms with Gasteiger partial charge in [0.05, 0.1) is 6.54 Å². The minimum atomic E-state index is -0.0918. The summed E-state index contributed by atoms with van der Waals surface area (Å²) in [7, 11) is 0. The number of anilines is 1. The number of benzene rings is 1. The number of amides is 3. The highest BCUT2D eigenvalue weighted by Crippen LogP contribution is 2.12. The van der Waals surface area contributed by atoms with Crippen LogP contribution in [0.3, 0.4) is 0 Å². The summed E-state index contributed by atoms with van der Waals surface area (Å²) in [6, 6.07) is 9.37. The van der Waals surface area contributed by atoms with E-state index in [-0.39, 0.29) is 11.9 Å². The minimum Gasteiger partial charge on any atom is -0.338 e. The smallest absolute Gasteiger partial charge is 0.321 e. The SMILES string of the molecule is O=C(CN1CCCCCC1)N1CCN(C(=O)Nc2ccccc2)CC1. The van der Waals surface area contributed by atoms with Crippen molar-refractivity contribution in [1.82, 2.24) is 14.7 Å². The van der Waals surface area contributed by atoms with Gasteiger partial charge in [0.25, 0.3) is 0 Å². The average Bonchev–Trinajstić information content (AvgIpc) is 2.91. The second kappa shape index (κ2) is 8.85. The average molecular weight is 344 g/mol. The number of nitrogens with zero attached hydrogens (tertiary/aromatic N) is 3. The Morgan fingerprint density at radius 3 is 2.04 bits per heavy atom. The summed E-state index contributed by atoms with van der Waals surface area (Å²) in [5.74, 6) is 0.199. The predicted molar refractivity (Wildman–Crippen MR) is 98.5 cm³/mol. The number of carbonyl (C=O) groups excluding carboxylic acids is 2. The maximum atomic E-state index is 12.5. The lowest BCUT2D eigenvalue weighted by molar-refractivity contribution is -0.133. The monoisotopic (exact) mass is 344 g/mol. The Morgan fingerprint density at radius 1 is 0.800 bits per heavy atom. The van der Waals surface area contributed by atoms with Gasteiger partial charge in [0.15, 0.2) is 0 Å². The van der Waals surface area contributed by atoms with Gasteiger partial charge in [-0.15, -0.1) is 0 Å². The Balaban J connectivity index is 1.43. The van der Waals surface area contributed by atoms with Crippen LogP contribution in [0.5, 0.6) is 0 Å². The Labute approximate surface area is 149 Å². The highest BCUT2D eigenvalue weighted by atomic mass is 16.2. The van der Waals surface area contributed by atoms with E-state index in [1.807, 2.05) is 35.2 Å². The van der Waals surface area contributed by atoms with E-state index in [9.17, 15) is 9.59 Å². The van der Waals surface area contributed by atoms with E-state index in [1.54, 1.807) is 4.90 Å². The Hall–Kier alpha value is -2.08. The predicted octanol–water partition coefficient (Wildman–Crippen LogP) is 2.24. The molecule has 0 unspecified atom stereocenters. The number of rotatable bonds is 3. The van der Waals surface area contributed by atoms with Crippen molar-refractivity contribution in [2.75, 3.05) is 51.1 Å². The molecule has 3 rings (SSSR count). The number of carbonyl (C=O) groups is 2. The second-order valence-electron chi connectivity index (χ2n) is 6.85. The molecule has 2 saturated heterocycles. The zero-order chi connectivity index (χ0) is 17.5. The van der Waals surface area contributed by atoms with Crippen molar-refractivity contribution >= 4 is 17.6 Å². The van der Waals surface area contributed by atoms with Gasteiger partial charge >= 0.3 is 6.03 Å². The van der Waals surface area contributed by atoms with Crippen molar-refractivity contribution in [3.05, 3.63) is 30.3 Å². The van der Waals surface area contributed by atoms with Crippen LogP contribution in [0.25, 0.3) is 0 Å². The molecule has 3 amide bonds. The van der Waals surface area contributed by atoms with Gasteiger partial charge in [-0.2, -0.15) is 0 Å². The standard InChI is InChI=1S/C19H28N4O2/c24-18(16-21-10-6-1-2-7-11-21)22-12-14-23(15-13-22)19(25)20-17-8-4-3-5-9-17/h3-5,8-9H,1-2,6-7,10-16H2,(H,20,25). The summed E-state index contributed by atoms with van der Waals surface area (Å²) in [6.07, 6.45) is 4.95. The highest BCUT2D eigenvalue weighted by Gasteiger charge is 2.25. The summed E-state index contributed by atoms with van der Waals surface area (Å²) in [6.45, 7) is 5.01. The van der Waals surface area contributed by atoms with Crippen LogP contribution in [-0.4, -0.2) is 72.5 Å². The van der Waals surface area contributed by atoms with Crippen LogP contribution in [0.4, 0.5) is 10.5 Å². The third-order valence-corrected chi connectivity index (χ3v) is 5.00. The van der Waals surface area contributed by atoms with E-state index in [0.29, 0.717) is 32.7 Å². The molecule has 0 aliphatic carbocycles. The zero-order valence-corrected chi connectivity index (χ0v) is 14.8. The molecule has 2 heterocycles. The molecule has 1 N–H and O–H groups in total. The Bertz CT molecular complexity index is 562. The first kappa shape index (κ1) is 17.7. The molecule has 25 heavy (non-hydrogen) atoms. The maximum Gasteiger partial charge on any atom is 0.321 e. The van der Waals surface area contributed by atoms with E-state index in [0.717, 1.165) is 18.8 Å². The molecular weight excluding hydrogens is 316 g/mol.